The van der Waals surface area contributed by atoms with E-state index in [1.54, 1.807) is 0 Å². The van der Waals surface area contributed by atoms with Crippen LogP contribution in [-0.4, -0.2) is 43.6 Å². The summed E-state index contributed by atoms with van der Waals surface area (Å²) < 4.78 is 134. The molecule has 0 heterocycles. The van der Waals surface area contributed by atoms with Crippen molar-refractivity contribution in [1.82, 2.24) is 0 Å². The zero-order chi connectivity index (χ0) is 20.9. The predicted octanol–water partition coefficient (Wildman–Crippen LogP) is 3.72. The summed E-state index contributed by atoms with van der Waals surface area (Å²) in [5, 5.41) is -13.0. The molecular weight excluding hydrogens is 426 g/mol. The van der Waals surface area contributed by atoms with Crippen molar-refractivity contribution in [3.63, 3.8) is 0 Å². The van der Waals surface area contributed by atoms with Crippen molar-refractivity contribution in [2.24, 2.45) is 17.8 Å². The molecule has 3 unspecified atom stereocenters. The van der Waals surface area contributed by atoms with Gasteiger partial charge >= 0.3 is 26.5 Å². The van der Waals surface area contributed by atoms with Crippen molar-refractivity contribution < 1.29 is 47.7 Å². The van der Waals surface area contributed by atoms with E-state index in [0.717, 1.165) is 25.7 Å². The first-order chi connectivity index (χ1) is 12.0. The van der Waals surface area contributed by atoms with E-state index in [-0.39, 0.29) is 18.8 Å². The van der Waals surface area contributed by atoms with Gasteiger partial charge in [-0.3, -0.25) is 4.55 Å². The molecule has 0 bridgehead atoms. The van der Waals surface area contributed by atoms with Crippen LogP contribution in [0.5, 0.6) is 0 Å². The van der Waals surface area contributed by atoms with Crippen LogP contribution in [0.4, 0.5) is 26.3 Å². The molecule has 0 spiro atoms. The van der Waals surface area contributed by atoms with Crippen LogP contribution in [0.25, 0.3) is 0 Å². The number of alkyl halides is 6. The highest BCUT2D eigenvalue weighted by Crippen LogP contribution is 2.52. The molecule has 2 rings (SSSR count). The van der Waals surface area contributed by atoms with Crippen molar-refractivity contribution >= 4 is 20.0 Å². The number of fused-ring (bicyclic) bond motifs is 1. The fourth-order valence-corrected chi connectivity index (χ4v) is 6.23. The zero-order valence-electron chi connectivity index (χ0n) is 14.1. The van der Waals surface area contributed by atoms with Crippen LogP contribution < -0.4 is 0 Å². The monoisotopic (exact) mass is 446 g/mol. The van der Waals surface area contributed by atoms with Gasteiger partial charge in [0, 0.05) is 0 Å². The Morgan fingerprint density at radius 3 is 1.81 bits per heavy atom. The maximum Gasteiger partial charge on any atom is 0.439 e. The van der Waals surface area contributed by atoms with E-state index in [2.05, 4.69) is 0 Å². The van der Waals surface area contributed by atoms with Gasteiger partial charge < -0.3 is 0 Å². The fraction of sp³-hybridized carbons (Fsp3) is 1.00. The molecule has 0 radical (unpaired) electrons. The lowest BCUT2D eigenvalue weighted by atomic mass is 9.68. The third-order valence-electron chi connectivity index (χ3n) is 5.55. The lowest BCUT2D eigenvalue weighted by Gasteiger charge is -2.39. The van der Waals surface area contributed by atoms with E-state index >= 15 is 0 Å². The van der Waals surface area contributed by atoms with Crippen molar-refractivity contribution in [2.45, 2.75) is 61.4 Å². The van der Waals surface area contributed by atoms with Gasteiger partial charge in [-0.05, 0) is 37.0 Å². The number of sulfone groups is 1. The minimum atomic E-state index is -6.98. The Kier molecular flexibility index (Phi) is 5.93. The van der Waals surface area contributed by atoms with Gasteiger partial charge in [0.15, 0.2) is 0 Å². The lowest BCUT2D eigenvalue weighted by molar-refractivity contribution is -0.245. The summed E-state index contributed by atoms with van der Waals surface area (Å²) in [7, 11) is -13.1. The van der Waals surface area contributed by atoms with E-state index in [1.165, 1.54) is 0 Å². The van der Waals surface area contributed by atoms with Crippen molar-refractivity contribution in [3.05, 3.63) is 0 Å². The zero-order valence-corrected chi connectivity index (χ0v) is 15.7. The van der Waals surface area contributed by atoms with Gasteiger partial charge in [-0.1, -0.05) is 25.7 Å². The quantitative estimate of drug-likeness (QED) is 0.496. The summed E-state index contributed by atoms with van der Waals surface area (Å²) in [6.07, 6.45) is 4.48. The minimum Gasteiger partial charge on any atom is -0.281 e. The number of hydrogen-bond acceptors (Lipinski definition) is 4. The molecule has 0 amide bonds. The molecule has 27 heavy (non-hydrogen) atoms. The molecule has 0 aliphatic heterocycles. The predicted molar refractivity (Wildman–Crippen MR) is 83.0 cm³/mol. The van der Waals surface area contributed by atoms with Gasteiger partial charge in [0.2, 0.25) is 9.84 Å². The largest absolute Gasteiger partial charge is 0.439 e. The van der Waals surface area contributed by atoms with E-state index in [1.807, 2.05) is 0 Å². The van der Waals surface area contributed by atoms with Crippen LogP contribution in [0.2, 0.25) is 0 Å². The molecule has 2 aliphatic carbocycles. The average Bonchev–Trinajstić information content (AvgIpc) is 2.52. The van der Waals surface area contributed by atoms with Gasteiger partial charge in [-0.25, -0.2) is 8.42 Å². The molecule has 1 N–H and O–H groups in total. The highest BCUT2D eigenvalue weighted by molar-refractivity contribution is 7.92. The first-order valence-electron chi connectivity index (χ1n) is 8.37. The average molecular weight is 446 g/mol. The van der Waals surface area contributed by atoms with Gasteiger partial charge in [0.25, 0.3) is 0 Å². The normalized spacial score (nSPS) is 28.6. The number of hydrogen-bond donors (Lipinski definition) is 1. The SMILES string of the molecule is O=S(=O)(O)C(F)(F)C(F)(F)C(F)(F)S(=O)(=O)CC1CCC2CCCCC2C1. The van der Waals surface area contributed by atoms with Gasteiger partial charge in [-0.15, -0.1) is 0 Å². The molecule has 13 heteroatoms. The van der Waals surface area contributed by atoms with Gasteiger partial charge in [0.1, 0.15) is 0 Å². The standard InChI is InChI=1S/C14H20F6O5S2/c15-12(16,14(19,20)27(23,24)25)13(17,18)26(21,22)8-9-5-6-10-3-1-2-4-11(10)7-9/h9-11H,1-8H2,(H,23,24,25). The minimum absolute atomic E-state index is 0.0705. The highest BCUT2D eigenvalue weighted by Gasteiger charge is 2.81. The van der Waals surface area contributed by atoms with Crippen LogP contribution in [0.1, 0.15) is 44.9 Å². The summed E-state index contributed by atoms with van der Waals surface area (Å²) in [6, 6.07) is 0. The van der Waals surface area contributed by atoms with E-state index in [4.69, 9.17) is 4.55 Å². The maximum atomic E-state index is 13.9. The number of rotatable bonds is 6. The van der Waals surface area contributed by atoms with Crippen LogP contribution in [0.3, 0.4) is 0 Å². The second-order valence-electron chi connectivity index (χ2n) is 7.35. The maximum absolute atomic E-state index is 13.9. The number of halogens is 6. The Morgan fingerprint density at radius 2 is 1.30 bits per heavy atom. The fourth-order valence-electron chi connectivity index (χ4n) is 4.06. The lowest BCUT2D eigenvalue weighted by Crippen LogP contribution is -2.61. The molecule has 5 nitrogen and oxygen atoms in total. The second-order valence-corrected chi connectivity index (χ2v) is 10.9. The molecule has 160 valence electrons. The molecule has 0 aromatic carbocycles. The Hall–Kier alpha value is -0.560. The van der Waals surface area contributed by atoms with E-state index < -0.39 is 48.1 Å². The molecule has 0 saturated heterocycles. The van der Waals surface area contributed by atoms with Crippen LogP contribution >= 0.6 is 0 Å². The van der Waals surface area contributed by atoms with Crippen molar-refractivity contribution in [1.29, 1.82) is 0 Å². The van der Waals surface area contributed by atoms with Crippen LogP contribution in [0, 0.1) is 17.8 Å². The second kappa shape index (κ2) is 7.05. The third-order valence-corrected chi connectivity index (χ3v) is 8.40. The topological polar surface area (TPSA) is 88.5 Å². The Morgan fingerprint density at radius 1 is 0.778 bits per heavy atom. The highest BCUT2D eigenvalue weighted by atomic mass is 32.2. The molecule has 3 atom stereocenters. The Labute approximate surface area is 153 Å². The smallest absolute Gasteiger partial charge is 0.281 e. The van der Waals surface area contributed by atoms with Gasteiger partial charge in [-0.2, -0.15) is 34.8 Å². The molecular formula is C14H20F6O5S2. The van der Waals surface area contributed by atoms with E-state index in [9.17, 15) is 43.2 Å². The molecule has 0 aromatic heterocycles. The van der Waals surface area contributed by atoms with Gasteiger partial charge in [0.05, 0.1) is 5.75 Å². The van der Waals surface area contributed by atoms with E-state index in [0.29, 0.717) is 12.3 Å². The van der Waals surface area contributed by atoms with Crippen molar-refractivity contribution in [3.8, 4) is 0 Å². The molecule has 2 fully saturated rings. The first kappa shape index (κ1) is 22.7. The Balaban J connectivity index is 2.24. The summed E-state index contributed by atoms with van der Waals surface area (Å²) in [6.45, 7) is 0. The Bertz CT molecular complexity index is 765. The summed E-state index contributed by atoms with van der Waals surface area (Å²) in [5.41, 5.74) is 0. The summed E-state index contributed by atoms with van der Waals surface area (Å²) in [4.78, 5) is 0. The first-order valence-corrected chi connectivity index (χ1v) is 11.5. The van der Waals surface area contributed by atoms with Crippen LogP contribution in [-0.2, 0) is 20.0 Å². The van der Waals surface area contributed by atoms with Crippen LogP contribution in [0.15, 0.2) is 0 Å². The third kappa shape index (κ3) is 3.83. The molecule has 2 saturated carbocycles. The summed E-state index contributed by atoms with van der Waals surface area (Å²) >= 11 is 0. The van der Waals surface area contributed by atoms with Crippen molar-refractivity contribution in [2.75, 3.05) is 5.75 Å². The summed E-state index contributed by atoms with van der Waals surface area (Å²) in [5.74, 6) is -8.82. The molecule has 2 aliphatic rings. The molecule has 0 aromatic rings.